The maximum absolute atomic E-state index is 13.2. The molecule has 0 atom stereocenters. The first-order valence-electron chi connectivity index (χ1n) is 13.5. The Morgan fingerprint density at radius 2 is 0.812 bits per heavy atom. The quantitative estimate of drug-likeness (QED) is 0.485. The van der Waals surface area contributed by atoms with Gasteiger partial charge in [0.05, 0.1) is 41.0 Å². The lowest BCUT2D eigenvalue weighted by Gasteiger charge is -2.37. The van der Waals surface area contributed by atoms with Crippen LogP contribution in [0.15, 0.2) is 0 Å². The van der Waals surface area contributed by atoms with Crippen LogP contribution >= 0.6 is 0 Å². The van der Waals surface area contributed by atoms with Crippen molar-refractivity contribution in [3.8, 4) is 0 Å². The molecule has 0 unspecified atom stereocenters. The van der Waals surface area contributed by atoms with Gasteiger partial charge >= 0.3 is 0 Å². The maximum Gasteiger partial charge on any atom is 0.156 e. The van der Waals surface area contributed by atoms with Crippen LogP contribution in [0.25, 0.3) is 0 Å². The Morgan fingerprint density at radius 1 is 0.500 bits per heavy atom. The van der Waals surface area contributed by atoms with Gasteiger partial charge in [-0.25, -0.2) is 8.42 Å². The second-order valence-electron chi connectivity index (χ2n) is 11.2. The van der Waals surface area contributed by atoms with E-state index in [1.807, 2.05) is 0 Å². The van der Waals surface area contributed by atoms with Crippen LogP contribution in [-0.2, 0) is 24.0 Å². The van der Waals surface area contributed by atoms with Crippen LogP contribution in [0.4, 0.5) is 0 Å². The SMILES string of the molecule is COC1CCC(S(=O)(=O)C2CCC(OC3CCC(OC4CCC(C)CC4)CC3)CC2)CC1. The first kappa shape index (κ1) is 24.9. The van der Waals surface area contributed by atoms with Crippen molar-refractivity contribution < 1.29 is 22.6 Å². The van der Waals surface area contributed by atoms with Crippen molar-refractivity contribution >= 4 is 9.84 Å². The summed E-state index contributed by atoms with van der Waals surface area (Å²) < 4.78 is 44.6. The van der Waals surface area contributed by atoms with Crippen molar-refractivity contribution in [1.29, 1.82) is 0 Å². The molecule has 4 aliphatic carbocycles. The second kappa shape index (κ2) is 11.5. The van der Waals surface area contributed by atoms with Gasteiger partial charge in [-0.1, -0.05) is 6.92 Å². The minimum absolute atomic E-state index is 0.154. The summed E-state index contributed by atoms with van der Waals surface area (Å²) in [6.45, 7) is 2.36. The van der Waals surface area contributed by atoms with Crippen LogP contribution in [0, 0.1) is 5.92 Å². The summed E-state index contributed by atoms with van der Waals surface area (Å²) in [4.78, 5) is 0. The predicted octanol–water partition coefficient (Wildman–Crippen LogP) is 5.59. The van der Waals surface area contributed by atoms with Gasteiger partial charge in [0.25, 0.3) is 0 Å². The molecule has 0 aliphatic heterocycles. The Labute approximate surface area is 196 Å². The fraction of sp³-hybridized carbons (Fsp3) is 1.00. The first-order valence-corrected chi connectivity index (χ1v) is 15.1. The third-order valence-electron chi connectivity index (χ3n) is 8.86. The van der Waals surface area contributed by atoms with Crippen molar-refractivity contribution in [3.05, 3.63) is 0 Å². The van der Waals surface area contributed by atoms with Gasteiger partial charge < -0.3 is 14.2 Å². The van der Waals surface area contributed by atoms with Crippen LogP contribution < -0.4 is 0 Å². The van der Waals surface area contributed by atoms with Crippen molar-refractivity contribution in [2.24, 2.45) is 5.92 Å². The zero-order chi connectivity index (χ0) is 22.6. The molecule has 0 radical (unpaired) electrons. The molecule has 0 aromatic carbocycles. The molecule has 0 heterocycles. The minimum atomic E-state index is -3.03. The Morgan fingerprint density at radius 3 is 1.19 bits per heavy atom. The topological polar surface area (TPSA) is 61.8 Å². The van der Waals surface area contributed by atoms with Gasteiger partial charge in [0.15, 0.2) is 9.84 Å². The average molecular weight is 471 g/mol. The second-order valence-corrected chi connectivity index (χ2v) is 13.7. The predicted molar refractivity (Wildman–Crippen MR) is 128 cm³/mol. The standard InChI is InChI=1S/C26H46O5S/c1-19-3-5-21(6-4-19)30-22-7-9-23(10-8-22)31-24-13-17-26(18-14-24)32(27,28)25-15-11-20(29-2)12-16-25/h19-26H,3-18H2,1-2H3. The van der Waals surface area contributed by atoms with E-state index in [0.717, 1.165) is 83.0 Å². The molecule has 0 amide bonds. The summed E-state index contributed by atoms with van der Waals surface area (Å²) in [6.07, 6.45) is 17.9. The van der Waals surface area contributed by atoms with E-state index in [-0.39, 0.29) is 22.7 Å². The van der Waals surface area contributed by atoms with Crippen molar-refractivity contribution in [2.75, 3.05) is 7.11 Å². The van der Waals surface area contributed by atoms with Crippen molar-refractivity contribution in [3.63, 3.8) is 0 Å². The highest BCUT2D eigenvalue weighted by atomic mass is 32.2. The smallest absolute Gasteiger partial charge is 0.156 e. The molecule has 32 heavy (non-hydrogen) atoms. The van der Waals surface area contributed by atoms with Crippen LogP contribution in [0.1, 0.15) is 110 Å². The zero-order valence-corrected chi connectivity index (χ0v) is 21.2. The first-order chi connectivity index (χ1) is 15.4. The molecule has 186 valence electrons. The Kier molecular flexibility index (Phi) is 8.97. The lowest BCUT2D eigenvalue weighted by molar-refractivity contribution is -0.0936. The van der Waals surface area contributed by atoms with E-state index in [9.17, 15) is 8.42 Å². The summed E-state index contributed by atoms with van der Waals surface area (Å²) in [5, 5.41) is -0.312. The molecule has 0 spiro atoms. The van der Waals surface area contributed by atoms with Gasteiger partial charge in [-0.3, -0.25) is 0 Å². The fourth-order valence-corrected chi connectivity index (χ4v) is 8.98. The number of hydrogen-bond donors (Lipinski definition) is 0. The van der Waals surface area contributed by atoms with E-state index in [4.69, 9.17) is 14.2 Å². The molecule has 5 nitrogen and oxygen atoms in total. The van der Waals surface area contributed by atoms with E-state index >= 15 is 0 Å². The van der Waals surface area contributed by atoms with Gasteiger partial charge in [-0.05, 0) is 109 Å². The molecule has 4 rings (SSSR count). The van der Waals surface area contributed by atoms with Crippen LogP contribution in [0.2, 0.25) is 0 Å². The summed E-state index contributed by atoms with van der Waals surface area (Å²) in [5.74, 6) is 0.870. The molecule has 0 aromatic heterocycles. The van der Waals surface area contributed by atoms with Crippen LogP contribution in [0.3, 0.4) is 0 Å². The third-order valence-corrected chi connectivity index (χ3v) is 11.7. The molecule has 0 N–H and O–H groups in total. The fourth-order valence-electron chi connectivity index (χ4n) is 6.58. The molecule has 4 aliphatic rings. The lowest BCUT2D eigenvalue weighted by Crippen LogP contribution is -2.40. The summed E-state index contributed by atoms with van der Waals surface area (Å²) in [6, 6.07) is 0. The van der Waals surface area contributed by atoms with Gasteiger partial charge in [-0.15, -0.1) is 0 Å². The minimum Gasteiger partial charge on any atom is -0.381 e. The summed E-state index contributed by atoms with van der Waals surface area (Å²) in [7, 11) is -1.29. The highest BCUT2D eigenvalue weighted by Gasteiger charge is 2.39. The highest BCUT2D eigenvalue weighted by Crippen LogP contribution is 2.36. The molecular weight excluding hydrogens is 424 g/mol. The lowest BCUT2D eigenvalue weighted by atomic mass is 9.88. The molecule has 6 heteroatoms. The summed E-state index contributed by atoms with van der Waals surface area (Å²) >= 11 is 0. The van der Waals surface area contributed by atoms with Crippen LogP contribution in [0.5, 0.6) is 0 Å². The number of rotatable bonds is 7. The van der Waals surface area contributed by atoms with Gasteiger partial charge in [0, 0.05) is 7.11 Å². The van der Waals surface area contributed by atoms with Crippen molar-refractivity contribution in [2.45, 2.75) is 151 Å². The molecule has 4 saturated carbocycles. The average Bonchev–Trinajstić information content (AvgIpc) is 2.82. The van der Waals surface area contributed by atoms with Crippen molar-refractivity contribution in [1.82, 2.24) is 0 Å². The highest BCUT2D eigenvalue weighted by molar-refractivity contribution is 7.92. The van der Waals surface area contributed by atoms with Crippen LogP contribution in [-0.4, -0.2) is 56.5 Å². The molecule has 0 saturated heterocycles. The van der Waals surface area contributed by atoms with Gasteiger partial charge in [0.1, 0.15) is 0 Å². The Balaban J connectivity index is 1.14. The number of methoxy groups -OCH3 is 1. The molecule has 4 fully saturated rings. The van der Waals surface area contributed by atoms with E-state index in [1.54, 1.807) is 7.11 Å². The normalized spacial score (nSPS) is 41.9. The Bertz CT molecular complexity index is 648. The Hall–Kier alpha value is -0.170. The number of sulfone groups is 1. The monoisotopic (exact) mass is 470 g/mol. The van der Waals surface area contributed by atoms with E-state index < -0.39 is 9.84 Å². The molecular formula is C26H46O5S. The third kappa shape index (κ3) is 6.49. The zero-order valence-electron chi connectivity index (χ0n) is 20.4. The van der Waals surface area contributed by atoms with E-state index in [0.29, 0.717) is 18.3 Å². The van der Waals surface area contributed by atoms with Gasteiger partial charge in [-0.2, -0.15) is 0 Å². The van der Waals surface area contributed by atoms with Gasteiger partial charge in [0.2, 0.25) is 0 Å². The number of hydrogen-bond acceptors (Lipinski definition) is 5. The van der Waals surface area contributed by atoms with E-state index in [1.165, 1.54) is 25.7 Å². The van der Waals surface area contributed by atoms with E-state index in [2.05, 4.69) is 6.92 Å². The largest absolute Gasteiger partial charge is 0.381 e. The molecule has 0 aromatic rings. The maximum atomic E-state index is 13.2. The molecule has 0 bridgehead atoms. The summed E-state index contributed by atoms with van der Waals surface area (Å²) in [5.41, 5.74) is 0. The number of ether oxygens (including phenoxy) is 3.